The maximum Gasteiger partial charge on any atom is 0.291 e. The highest BCUT2D eigenvalue weighted by Crippen LogP contribution is 2.59. The molecule has 1 saturated heterocycles. The van der Waals surface area contributed by atoms with E-state index in [9.17, 15) is 9.59 Å². The molecule has 0 aromatic rings. The molecule has 2 rings (SSSR count). The van der Waals surface area contributed by atoms with E-state index in [2.05, 4.69) is 0 Å². The van der Waals surface area contributed by atoms with E-state index in [1.807, 2.05) is 6.26 Å². The van der Waals surface area contributed by atoms with Crippen molar-refractivity contribution < 1.29 is 9.59 Å². The van der Waals surface area contributed by atoms with Crippen LogP contribution in [0, 0.1) is 5.92 Å². The summed E-state index contributed by atoms with van der Waals surface area (Å²) in [6.45, 7) is 0. The molecule has 1 amide bonds. The van der Waals surface area contributed by atoms with Crippen LogP contribution in [0.15, 0.2) is 0 Å². The summed E-state index contributed by atoms with van der Waals surface area (Å²) >= 11 is 1.61. The average Bonchev–Trinajstić information content (AvgIpc) is 2.71. The lowest BCUT2D eigenvalue weighted by atomic mass is 10.3. The van der Waals surface area contributed by atoms with Gasteiger partial charge in [0.15, 0.2) is 0 Å². The van der Waals surface area contributed by atoms with Crippen molar-refractivity contribution in [1.29, 1.82) is 0 Å². The van der Waals surface area contributed by atoms with Crippen molar-refractivity contribution in [3.8, 4) is 0 Å². The Morgan fingerprint density at radius 1 is 1.64 bits per heavy atom. The van der Waals surface area contributed by atoms with Crippen LogP contribution in [0.4, 0.5) is 0 Å². The van der Waals surface area contributed by atoms with Crippen molar-refractivity contribution in [3.63, 3.8) is 0 Å². The third kappa shape index (κ3) is 0.612. The van der Waals surface area contributed by atoms with Crippen LogP contribution in [0.2, 0.25) is 0 Å². The smallest absolute Gasteiger partial charge is 0.291 e. The largest absolute Gasteiger partial charge is 0.324 e. The van der Waals surface area contributed by atoms with Gasteiger partial charge in [-0.05, 0) is 12.7 Å². The van der Waals surface area contributed by atoms with Crippen molar-refractivity contribution >= 4 is 23.5 Å². The van der Waals surface area contributed by atoms with Crippen LogP contribution >= 0.6 is 11.8 Å². The predicted octanol–water partition coefficient (Wildman–Crippen LogP) is 0.107. The first kappa shape index (κ1) is 7.16. The molecule has 11 heavy (non-hydrogen) atoms. The number of rotatable bonds is 1. The fraction of sp³-hybridized carbons (Fsp3) is 0.714. The quantitative estimate of drug-likeness (QED) is 0.525. The number of likely N-dealkylation sites (N-methyl/N-ethyl adjacent to an activating group) is 1. The van der Waals surface area contributed by atoms with Crippen LogP contribution in [0.3, 0.4) is 0 Å². The lowest BCUT2D eigenvalue weighted by Crippen LogP contribution is -2.33. The molecule has 60 valence electrons. The Bertz CT molecular complexity index is 247. The molecule has 0 N–H and O–H groups in total. The van der Waals surface area contributed by atoms with Crippen molar-refractivity contribution in [2.45, 2.75) is 11.3 Å². The molecule has 4 heteroatoms. The Labute approximate surface area is 69.1 Å². The maximum absolute atomic E-state index is 11.1. The number of thioether (sulfide) groups is 1. The highest BCUT2D eigenvalue weighted by Gasteiger charge is 2.69. The van der Waals surface area contributed by atoms with Crippen LogP contribution in [0.25, 0.3) is 0 Å². The average molecular weight is 171 g/mol. The van der Waals surface area contributed by atoms with Gasteiger partial charge in [0.2, 0.25) is 5.78 Å². The molecule has 1 aliphatic carbocycles. The number of ketones is 1. The predicted molar refractivity (Wildman–Crippen MR) is 42.1 cm³/mol. The third-order valence-electron chi connectivity index (χ3n) is 2.63. The monoisotopic (exact) mass is 171 g/mol. The molecule has 1 heterocycles. The summed E-state index contributed by atoms with van der Waals surface area (Å²) in [5.74, 6) is -0.507. The Morgan fingerprint density at radius 2 is 2.27 bits per heavy atom. The van der Waals surface area contributed by atoms with Gasteiger partial charge >= 0.3 is 0 Å². The first-order valence-electron chi connectivity index (χ1n) is 3.50. The van der Waals surface area contributed by atoms with E-state index in [0.717, 1.165) is 6.42 Å². The van der Waals surface area contributed by atoms with Gasteiger partial charge in [0, 0.05) is 7.05 Å². The van der Waals surface area contributed by atoms with E-state index in [4.69, 9.17) is 0 Å². The summed E-state index contributed by atoms with van der Waals surface area (Å²) in [4.78, 5) is 23.6. The number of likely N-dealkylation sites (tertiary alicyclic amines) is 1. The molecular formula is C7H9NO2S. The van der Waals surface area contributed by atoms with E-state index in [-0.39, 0.29) is 22.5 Å². The van der Waals surface area contributed by atoms with Crippen LogP contribution in [0.5, 0.6) is 0 Å². The second-order valence-electron chi connectivity index (χ2n) is 3.03. The molecule has 0 aromatic carbocycles. The SMILES string of the molecule is CSC12CC1C(=O)C(=O)N2C. The standard InChI is InChI=1S/C7H9NO2S/c1-8-6(10)5(9)4-3-7(4,8)11-2/h4H,3H2,1-2H3. The molecule has 2 unspecified atom stereocenters. The van der Waals surface area contributed by atoms with Gasteiger partial charge in [-0.2, -0.15) is 0 Å². The molecule has 1 aliphatic heterocycles. The van der Waals surface area contributed by atoms with Crippen LogP contribution in [0.1, 0.15) is 6.42 Å². The summed E-state index contributed by atoms with van der Waals surface area (Å²) < 4.78 is 0. The summed E-state index contributed by atoms with van der Waals surface area (Å²) in [7, 11) is 1.71. The molecule has 0 aromatic heterocycles. The molecule has 1 saturated carbocycles. The van der Waals surface area contributed by atoms with Gasteiger partial charge in [0.05, 0.1) is 10.8 Å². The fourth-order valence-corrected chi connectivity index (χ4v) is 2.83. The Kier molecular flexibility index (Phi) is 1.17. The topological polar surface area (TPSA) is 37.4 Å². The highest BCUT2D eigenvalue weighted by molar-refractivity contribution is 8.00. The van der Waals surface area contributed by atoms with Crippen LogP contribution in [-0.4, -0.2) is 34.8 Å². The van der Waals surface area contributed by atoms with Crippen molar-refractivity contribution in [2.75, 3.05) is 13.3 Å². The molecule has 2 fully saturated rings. The van der Waals surface area contributed by atoms with E-state index in [0.29, 0.717) is 0 Å². The number of nitrogens with zero attached hydrogens (tertiary/aromatic N) is 1. The third-order valence-corrected chi connectivity index (χ3v) is 4.07. The highest BCUT2D eigenvalue weighted by atomic mass is 32.2. The second-order valence-corrected chi connectivity index (χ2v) is 4.15. The van der Waals surface area contributed by atoms with E-state index in [1.165, 1.54) is 0 Å². The Hall–Kier alpha value is -0.510. The molecule has 3 nitrogen and oxygen atoms in total. The van der Waals surface area contributed by atoms with E-state index in [1.54, 1.807) is 23.7 Å². The summed E-state index contributed by atoms with van der Waals surface area (Å²) in [6.07, 6.45) is 2.80. The number of piperidine rings is 1. The van der Waals surface area contributed by atoms with Crippen LogP contribution in [-0.2, 0) is 9.59 Å². The normalized spacial score (nSPS) is 41.3. The van der Waals surface area contributed by atoms with Gasteiger partial charge in [0.1, 0.15) is 0 Å². The zero-order valence-corrected chi connectivity index (χ0v) is 7.27. The summed E-state index contributed by atoms with van der Waals surface area (Å²) in [5.41, 5.74) is 0. The van der Waals surface area contributed by atoms with Crippen molar-refractivity contribution in [3.05, 3.63) is 0 Å². The Balaban J connectivity index is 2.34. The zero-order chi connectivity index (χ0) is 8.22. The number of carbonyl (C=O) groups is 2. The van der Waals surface area contributed by atoms with Crippen LogP contribution < -0.4 is 0 Å². The number of hydrogen-bond acceptors (Lipinski definition) is 3. The lowest BCUT2D eigenvalue weighted by Gasteiger charge is -2.20. The molecule has 0 spiro atoms. The van der Waals surface area contributed by atoms with Gasteiger partial charge in [-0.25, -0.2) is 0 Å². The number of hydrogen-bond donors (Lipinski definition) is 0. The van der Waals surface area contributed by atoms with Gasteiger partial charge in [-0.1, -0.05) is 0 Å². The fourth-order valence-electron chi connectivity index (χ4n) is 1.75. The first-order chi connectivity index (χ1) is 5.13. The zero-order valence-electron chi connectivity index (χ0n) is 6.46. The minimum Gasteiger partial charge on any atom is -0.324 e. The molecule has 2 aliphatic rings. The minimum atomic E-state index is -0.310. The summed E-state index contributed by atoms with van der Waals surface area (Å²) in [6, 6.07) is 0. The molecule has 0 bridgehead atoms. The van der Waals surface area contributed by atoms with Gasteiger partial charge in [-0.3, -0.25) is 9.59 Å². The maximum atomic E-state index is 11.1. The van der Waals surface area contributed by atoms with Gasteiger partial charge in [-0.15, -0.1) is 11.8 Å². The van der Waals surface area contributed by atoms with Crippen molar-refractivity contribution in [2.24, 2.45) is 5.92 Å². The number of Topliss-reactive ketones (excluding diaryl/α,β-unsaturated/α-hetero) is 1. The number of amides is 1. The molecular weight excluding hydrogens is 162 g/mol. The molecule has 2 atom stereocenters. The summed E-state index contributed by atoms with van der Waals surface area (Å²) in [5, 5.41) is 0. The van der Waals surface area contributed by atoms with Crippen molar-refractivity contribution in [1.82, 2.24) is 4.90 Å². The molecule has 0 radical (unpaired) electrons. The van der Waals surface area contributed by atoms with E-state index < -0.39 is 0 Å². The lowest BCUT2D eigenvalue weighted by molar-refractivity contribution is -0.141. The van der Waals surface area contributed by atoms with E-state index >= 15 is 0 Å². The first-order valence-corrected chi connectivity index (χ1v) is 4.73. The Morgan fingerprint density at radius 3 is 2.55 bits per heavy atom. The second kappa shape index (κ2) is 1.80. The minimum absolute atomic E-state index is 0.00463. The van der Waals surface area contributed by atoms with Gasteiger partial charge in [0.25, 0.3) is 5.91 Å². The number of carbonyl (C=O) groups excluding carboxylic acids is 2. The van der Waals surface area contributed by atoms with Gasteiger partial charge < -0.3 is 4.90 Å². The number of fused-ring (bicyclic) bond motifs is 1.